The number of amides is 1. The van der Waals surface area contributed by atoms with Crippen LogP contribution in [0.4, 0.5) is 5.69 Å². The highest BCUT2D eigenvalue weighted by atomic mass is 16.5. The molecule has 1 aliphatic rings. The lowest BCUT2D eigenvalue weighted by Gasteiger charge is -2.21. The topological polar surface area (TPSA) is 68.5 Å². The number of anilines is 1. The first kappa shape index (κ1) is 16.3. The van der Waals surface area contributed by atoms with Gasteiger partial charge in [-0.2, -0.15) is 0 Å². The molecular weight excluding hydrogens is 330 g/mol. The maximum atomic E-state index is 13.1. The third-order valence-corrected chi connectivity index (χ3v) is 4.45. The van der Waals surface area contributed by atoms with Crippen molar-refractivity contribution in [2.24, 2.45) is 0 Å². The fraction of sp³-hybridized carbons (Fsp3) is 0.250. The Hall–Kier alpha value is -3.15. The van der Waals surface area contributed by atoms with Crippen LogP contribution in [0.25, 0.3) is 0 Å². The van der Waals surface area contributed by atoms with Gasteiger partial charge in [-0.1, -0.05) is 17.3 Å². The van der Waals surface area contributed by atoms with E-state index in [2.05, 4.69) is 10.1 Å². The molecule has 0 spiro atoms. The monoisotopic (exact) mass is 349 g/mol. The molecule has 0 unspecified atom stereocenters. The minimum absolute atomic E-state index is 0.216. The zero-order valence-corrected chi connectivity index (χ0v) is 14.5. The molecule has 1 saturated carbocycles. The second kappa shape index (κ2) is 7.00. The van der Waals surface area contributed by atoms with Crippen molar-refractivity contribution >= 4 is 11.6 Å². The van der Waals surface area contributed by atoms with E-state index >= 15 is 0 Å². The van der Waals surface area contributed by atoms with Crippen LogP contribution in [0, 0.1) is 0 Å². The van der Waals surface area contributed by atoms with E-state index in [-0.39, 0.29) is 11.7 Å². The van der Waals surface area contributed by atoms with Crippen LogP contribution in [0.15, 0.2) is 59.4 Å². The Bertz CT molecular complexity index is 886. The summed E-state index contributed by atoms with van der Waals surface area (Å²) < 4.78 is 10.5. The van der Waals surface area contributed by atoms with Crippen LogP contribution in [0.3, 0.4) is 0 Å². The maximum Gasteiger partial charge on any atom is 0.297 e. The van der Waals surface area contributed by atoms with Crippen molar-refractivity contribution in [3.8, 4) is 5.75 Å². The molecule has 3 aromatic rings. The number of carbonyl (C=O) groups is 1. The van der Waals surface area contributed by atoms with Gasteiger partial charge in [0.2, 0.25) is 5.76 Å². The Kier molecular flexibility index (Phi) is 4.39. The van der Waals surface area contributed by atoms with Gasteiger partial charge in [0.25, 0.3) is 5.91 Å². The van der Waals surface area contributed by atoms with Gasteiger partial charge in [-0.25, -0.2) is 0 Å². The molecule has 132 valence electrons. The van der Waals surface area contributed by atoms with Gasteiger partial charge in [0.15, 0.2) is 0 Å². The van der Waals surface area contributed by atoms with E-state index in [1.165, 1.54) is 0 Å². The van der Waals surface area contributed by atoms with Gasteiger partial charge in [-0.05, 0) is 42.7 Å². The quantitative estimate of drug-likeness (QED) is 0.677. The van der Waals surface area contributed by atoms with E-state index in [4.69, 9.17) is 9.26 Å². The summed E-state index contributed by atoms with van der Waals surface area (Å²) in [5.74, 6) is 1.26. The summed E-state index contributed by atoms with van der Waals surface area (Å²) in [4.78, 5) is 18.8. The molecule has 26 heavy (non-hydrogen) atoms. The highest BCUT2D eigenvalue weighted by Gasteiger charge is 2.30. The second-order valence-electron chi connectivity index (χ2n) is 6.34. The second-order valence-corrected chi connectivity index (χ2v) is 6.34. The summed E-state index contributed by atoms with van der Waals surface area (Å²) in [6.07, 6.45) is 5.56. The Balaban J connectivity index is 1.62. The van der Waals surface area contributed by atoms with Crippen LogP contribution in [0.1, 0.15) is 40.6 Å². The van der Waals surface area contributed by atoms with Crippen molar-refractivity contribution < 1.29 is 14.1 Å². The summed E-state index contributed by atoms with van der Waals surface area (Å²) in [5, 5.41) is 4.05. The molecule has 0 atom stereocenters. The van der Waals surface area contributed by atoms with Gasteiger partial charge in [-0.3, -0.25) is 9.78 Å². The number of methoxy groups -OCH3 is 1. The molecule has 1 amide bonds. The molecular formula is C20H19N3O3. The standard InChI is InChI=1S/C20H19N3O3/c1-25-17-6-2-14(3-7-17)13-23(16-8-10-21-11-9-16)20(24)19-12-18(22-26-19)15-4-5-15/h2-3,6-12,15H,4-5,13H2,1H3. The number of hydrogen-bond acceptors (Lipinski definition) is 5. The zero-order chi connectivity index (χ0) is 17.9. The first-order valence-corrected chi connectivity index (χ1v) is 8.56. The molecule has 0 radical (unpaired) electrons. The number of pyridine rings is 1. The van der Waals surface area contributed by atoms with Crippen molar-refractivity contribution in [2.45, 2.75) is 25.3 Å². The molecule has 2 heterocycles. The SMILES string of the molecule is COc1ccc(CN(C(=O)c2cc(C3CC3)no2)c2ccncc2)cc1. The number of aromatic nitrogens is 2. The van der Waals surface area contributed by atoms with Crippen molar-refractivity contribution in [1.29, 1.82) is 0 Å². The maximum absolute atomic E-state index is 13.1. The molecule has 0 N–H and O–H groups in total. The lowest BCUT2D eigenvalue weighted by atomic mass is 10.1. The Morgan fingerprint density at radius 2 is 1.92 bits per heavy atom. The van der Waals surface area contributed by atoms with Gasteiger partial charge in [0.05, 0.1) is 19.3 Å². The van der Waals surface area contributed by atoms with E-state index in [9.17, 15) is 4.79 Å². The largest absolute Gasteiger partial charge is 0.497 e. The normalized spacial score (nSPS) is 13.4. The highest BCUT2D eigenvalue weighted by Crippen LogP contribution is 2.39. The first-order valence-electron chi connectivity index (χ1n) is 8.56. The third kappa shape index (κ3) is 3.44. The van der Waals surface area contributed by atoms with Gasteiger partial charge < -0.3 is 14.2 Å². The molecule has 0 bridgehead atoms. The first-order chi connectivity index (χ1) is 12.7. The number of ether oxygens (including phenoxy) is 1. The van der Waals surface area contributed by atoms with Crippen LogP contribution < -0.4 is 9.64 Å². The van der Waals surface area contributed by atoms with E-state index in [0.717, 1.165) is 35.5 Å². The molecule has 6 nitrogen and oxygen atoms in total. The Labute approximate surface area is 151 Å². The van der Waals surface area contributed by atoms with Gasteiger partial charge >= 0.3 is 0 Å². The predicted molar refractivity (Wildman–Crippen MR) is 96.2 cm³/mol. The summed E-state index contributed by atoms with van der Waals surface area (Å²) >= 11 is 0. The lowest BCUT2D eigenvalue weighted by molar-refractivity contribution is 0.0949. The van der Waals surface area contributed by atoms with Crippen LogP contribution in [-0.2, 0) is 6.54 Å². The number of nitrogens with zero attached hydrogens (tertiary/aromatic N) is 3. The van der Waals surface area contributed by atoms with Gasteiger partial charge in [0.1, 0.15) is 5.75 Å². The van der Waals surface area contributed by atoms with Gasteiger partial charge in [-0.15, -0.1) is 0 Å². The van der Waals surface area contributed by atoms with Crippen molar-refractivity contribution in [2.75, 3.05) is 12.0 Å². The molecule has 2 aromatic heterocycles. The zero-order valence-electron chi connectivity index (χ0n) is 14.5. The molecule has 1 aromatic carbocycles. The number of rotatable bonds is 6. The van der Waals surface area contributed by atoms with E-state index in [1.807, 2.05) is 24.3 Å². The number of carbonyl (C=O) groups excluding carboxylic acids is 1. The van der Waals surface area contributed by atoms with Crippen LogP contribution >= 0.6 is 0 Å². The number of benzene rings is 1. The minimum Gasteiger partial charge on any atom is -0.497 e. The van der Waals surface area contributed by atoms with Gasteiger partial charge in [0, 0.05) is 30.1 Å². The average molecular weight is 349 g/mol. The molecule has 6 heteroatoms. The predicted octanol–water partition coefficient (Wildman–Crippen LogP) is 3.80. The minimum atomic E-state index is -0.216. The third-order valence-electron chi connectivity index (χ3n) is 4.45. The Morgan fingerprint density at radius 1 is 1.19 bits per heavy atom. The summed E-state index contributed by atoms with van der Waals surface area (Å²) in [7, 11) is 1.63. The van der Waals surface area contributed by atoms with Crippen LogP contribution in [0.2, 0.25) is 0 Å². The smallest absolute Gasteiger partial charge is 0.297 e. The molecule has 1 fully saturated rings. The molecule has 4 rings (SSSR count). The number of hydrogen-bond donors (Lipinski definition) is 0. The van der Waals surface area contributed by atoms with E-state index in [0.29, 0.717) is 12.5 Å². The Morgan fingerprint density at radius 3 is 2.58 bits per heavy atom. The fourth-order valence-corrected chi connectivity index (χ4v) is 2.81. The lowest BCUT2D eigenvalue weighted by Crippen LogP contribution is -2.30. The summed E-state index contributed by atoms with van der Waals surface area (Å²) in [6, 6.07) is 13.0. The van der Waals surface area contributed by atoms with E-state index in [1.54, 1.807) is 42.6 Å². The van der Waals surface area contributed by atoms with Crippen LogP contribution in [0.5, 0.6) is 5.75 Å². The average Bonchev–Trinajstić information content (AvgIpc) is 3.43. The fourth-order valence-electron chi connectivity index (χ4n) is 2.81. The molecule has 0 aliphatic heterocycles. The molecule has 1 aliphatic carbocycles. The summed E-state index contributed by atoms with van der Waals surface area (Å²) in [6.45, 7) is 0.409. The van der Waals surface area contributed by atoms with Crippen molar-refractivity contribution in [1.82, 2.24) is 10.1 Å². The molecule has 0 saturated heterocycles. The van der Waals surface area contributed by atoms with Crippen molar-refractivity contribution in [3.63, 3.8) is 0 Å². The van der Waals surface area contributed by atoms with Crippen molar-refractivity contribution in [3.05, 3.63) is 71.9 Å². The van der Waals surface area contributed by atoms with Crippen LogP contribution in [-0.4, -0.2) is 23.2 Å². The summed E-state index contributed by atoms with van der Waals surface area (Å²) in [5.41, 5.74) is 2.61. The highest BCUT2D eigenvalue weighted by molar-refractivity contribution is 6.04. The van der Waals surface area contributed by atoms with E-state index < -0.39 is 0 Å².